The molecule has 0 radical (unpaired) electrons. The molecule has 8 heteroatoms. The zero-order valence-electron chi connectivity index (χ0n) is 11.2. The van der Waals surface area contributed by atoms with Crippen LogP contribution in [0.3, 0.4) is 0 Å². The number of halogens is 2. The van der Waals surface area contributed by atoms with Crippen LogP contribution in [0.4, 0.5) is 10.1 Å². The molecule has 0 aliphatic carbocycles. The summed E-state index contributed by atoms with van der Waals surface area (Å²) >= 11 is 5.66. The highest BCUT2D eigenvalue weighted by atomic mass is 35.5. The van der Waals surface area contributed by atoms with Crippen LogP contribution in [0.25, 0.3) is 0 Å². The van der Waals surface area contributed by atoms with Crippen molar-refractivity contribution in [2.45, 2.75) is 18.4 Å². The van der Waals surface area contributed by atoms with Gasteiger partial charge in [0.25, 0.3) is 0 Å². The molecule has 0 amide bonds. The Kier molecular flexibility index (Phi) is 4.55. The van der Waals surface area contributed by atoms with Gasteiger partial charge in [-0.05, 0) is 24.3 Å². The van der Waals surface area contributed by atoms with Crippen LogP contribution >= 0.6 is 11.6 Å². The van der Waals surface area contributed by atoms with Crippen molar-refractivity contribution in [3.05, 3.63) is 47.1 Å². The standard InChI is InChI=1S/C13H14ClFN2O3S/c1-2-17(8-10-4-3-5-20-10)21(18,19)12-7-9(16)6-11(14)13(12)15/h3-7H,2,8,16H2,1H3. The molecule has 1 aromatic carbocycles. The molecule has 5 nitrogen and oxygen atoms in total. The van der Waals surface area contributed by atoms with Crippen LogP contribution in [0.15, 0.2) is 39.8 Å². The predicted octanol–water partition coefficient (Wildman–Crippen LogP) is 2.87. The maximum Gasteiger partial charge on any atom is 0.246 e. The average Bonchev–Trinajstić information content (AvgIpc) is 2.92. The fraction of sp³-hybridized carbons (Fsp3) is 0.231. The molecule has 1 aromatic heterocycles. The van der Waals surface area contributed by atoms with Crippen molar-refractivity contribution in [3.8, 4) is 0 Å². The molecule has 2 aromatic rings. The molecule has 21 heavy (non-hydrogen) atoms. The number of nitrogens with two attached hydrogens (primary N) is 1. The van der Waals surface area contributed by atoms with Crippen LogP contribution in [0.2, 0.25) is 5.02 Å². The van der Waals surface area contributed by atoms with E-state index in [4.69, 9.17) is 21.8 Å². The number of hydrogen-bond acceptors (Lipinski definition) is 4. The van der Waals surface area contributed by atoms with E-state index < -0.39 is 20.7 Å². The lowest BCUT2D eigenvalue weighted by molar-refractivity contribution is 0.373. The molecule has 0 bridgehead atoms. The van der Waals surface area contributed by atoms with Gasteiger partial charge in [0.15, 0.2) is 5.82 Å². The molecule has 0 unspecified atom stereocenters. The number of nitrogens with zero attached hydrogens (tertiary/aromatic N) is 1. The fourth-order valence-corrected chi connectivity index (χ4v) is 3.67. The van der Waals surface area contributed by atoms with E-state index >= 15 is 0 Å². The lowest BCUT2D eigenvalue weighted by atomic mass is 10.3. The molecule has 2 rings (SSSR count). The molecule has 0 aliphatic rings. The third-order valence-corrected chi connectivity index (χ3v) is 5.10. The molecule has 0 atom stereocenters. The molecule has 0 spiro atoms. The number of nitrogen functional groups attached to an aromatic ring is 1. The van der Waals surface area contributed by atoms with Gasteiger partial charge < -0.3 is 10.2 Å². The Morgan fingerprint density at radius 1 is 1.43 bits per heavy atom. The van der Waals surface area contributed by atoms with Gasteiger partial charge in [0.05, 0.1) is 17.8 Å². The molecular formula is C13H14ClFN2O3S. The van der Waals surface area contributed by atoms with Crippen LogP contribution < -0.4 is 5.73 Å². The molecule has 0 saturated heterocycles. The Morgan fingerprint density at radius 2 is 2.14 bits per heavy atom. The summed E-state index contributed by atoms with van der Waals surface area (Å²) in [4.78, 5) is -0.541. The number of sulfonamides is 1. The van der Waals surface area contributed by atoms with Crippen LogP contribution in [0.1, 0.15) is 12.7 Å². The van der Waals surface area contributed by atoms with Gasteiger partial charge in [-0.1, -0.05) is 18.5 Å². The van der Waals surface area contributed by atoms with Gasteiger partial charge in [-0.3, -0.25) is 0 Å². The Bertz CT molecular complexity index is 732. The maximum absolute atomic E-state index is 14.0. The molecular weight excluding hydrogens is 319 g/mol. The van der Waals surface area contributed by atoms with Crippen LogP contribution in [-0.4, -0.2) is 19.3 Å². The SMILES string of the molecule is CCN(Cc1ccco1)S(=O)(=O)c1cc(N)cc(Cl)c1F. The Balaban J connectivity index is 2.44. The smallest absolute Gasteiger partial charge is 0.246 e. The van der Waals surface area contributed by atoms with Crippen LogP contribution in [0.5, 0.6) is 0 Å². The monoisotopic (exact) mass is 332 g/mol. The summed E-state index contributed by atoms with van der Waals surface area (Å²) in [6.45, 7) is 1.79. The first-order valence-corrected chi connectivity index (χ1v) is 7.95. The van der Waals surface area contributed by atoms with Crippen LogP contribution in [-0.2, 0) is 16.6 Å². The second-order valence-electron chi connectivity index (χ2n) is 4.33. The minimum Gasteiger partial charge on any atom is -0.468 e. The zero-order valence-corrected chi connectivity index (χ0v) is 12.8. The summed E-state index contributed by atoms with van der Waals surface area (Å²) in [6.07, 6.45) is 1.44. The molecule has 0 aliphatic heterocycles. The van der Waals surface area contributed by atoms with E-state index in [-0.39, 0.29) is 23.8 Å². The molecule has 0 saturated carbocycles. The molecule has 2 N–H and O–H groups in total. The Hall–Kier alpha value is -1.57. The third kappa shape index (κ3) is 3.20. The van der Waals surface area contributed by atoms with Crippen molar-refractivity contribution in [2.24, 2.45) is 0 Å². The summed E-state index contributed by atoms with van der Waals surface area (Å²) in [7, 11) is -4.07. The largest absolute Gasteiger partial charge is 0.468 e. The quantitative estimate of drug-likeness (QED) is 0.854. The van der Waals surface area contributed by atoms with Gasteiger partial charge >= 0.3 is 0 Å². The van der Waals surface area contributed by atoms with E-state index in [1.165, 1.54) is 12.3 Å². The zero-order chi connectivity index (χ0) is 15.6. The number of anilines is 1. The second-order valence-corrected chi connectivity index (χ2v) is 6.64. The molecule has 0 fully saturated rings. The topological polar surface area (TPSA) is 76.5 Å². The highest BCUT2D eigenvalue weighted by Crippen LogP contribution is 2.28. The minimum absolute atomic E-state index is 0.00229. The normalized spacial score (nSPS) is 12.0. The van der Waals surface area contributed by atoms with E-state index in [0.29, 0.717) is 5.76 Å². The summed E-state index contributed by atoms with van der Waals surface area (Å²) in [5.41, 5.74) is 5.63. The van der Waals surface area contributed by atoms with Gasteiger partial charge in [-0.25, -0.2) is 12.8 Å². The second kappa shape index (κ2) is 6.05. The van der Waals surface area contributed by atoms with Gasteiger partial charge in [0.2, 0.25) is 10.0 Å². The Morgan fingerprint density at radius 3 is 2.71 bits per heavy atom. The van der Waals surface area contributed by atoms with Crippen LogP contribution in [0, 0.1) is 5.82 Å². The number of furan rings is 1. The van der Waals surface area contributed by atoms with E-state index in [2.05, 4.69) is 0 Å². The van der Waals surface area contributed by atoms with Crippen molar-refractivity contribution in [1.82, 2.24) is 4.31 Å². The van der Waals surface area contributed by atoms with Gasteiger partial charge in [0.1, 0.15) is 10.7 Å². The van der Waals surface area contributed by atoms with Gasteiger partial charge in [-0.2, -0.15) is 4.31 Å². The van der Waals surface area contributed by atoms with E-state index in [0.717, 1.165) is 10.4 Å². The summed E-state index contributed by atoms with van der Waals surface area (Å²) in [6, 6.07) is 5.51. The summed E-state index contributed by atoms with van der Waals surface area (Å²) in [5, 5.41) is -0.331. The lowest BCUT2D eigenvalue weighted by Gasteiger charge is -2.20. The van der Waals surface area contributed by atoms with Crippen molar-refractivity contribution in [1.29, 1.82) is 0 Å². The van der Waals surface area contributed by atoms with E-state index in [9.17, 15) is 12.8 Å². The molecule has 1 heterocycles. The first-order valence-electron chi connectivity index (χ1n) is 6.13. The van der Waals surface area contributed by atoms with Crippen molar-refractivity contribution >= 4 is 27.3 Å². The van der Waals surface area contributed by atoms with Gasteiger partial charge in [-0.15, -0.1) is 0 Å². The summed E-state index contributed by atoms with van der Waals surface area (Å²) in [5.74, 6) is -0.556. The number of rotatable bonds is 5. The molecule has 114 valence electrons. The fourth-order valence-electron chi connectivity index (χ4n) is 1.85. The number of benzene rings is 1. The maximum atomic E-state index is 14.0. The Labute approximate surface area is 127 Å². The first-order chi connectivity index (χ1) is 9.86. The van der Waals surface area contributed by atoms with Crippen molar-refractivity contribution in [2.75, 3.05) is 12.3 Å². The van der Waals surface area contributed by atoms with Crippen molar-refractivity contribution < 1.29 is 17.2 Å². The third-order valence-electron chi connectivity index (χ3n) is 2.90. The first kappa shape index (κ1) is 15.8. The average molecular weight is 333 g/mol. The minimum atomic E-state index is -4.07. The van der Waals surface area contributed by atoms with Crippen molar-refractivity contribution in [3.63, 3.8) is 0 Å². The summed E-state index contributed by atoms with van der Waals surface area (Å²) < 4.78 is 45.3. The highest BCUT2D eigenvalue weighted by molar-refractivity contribution is 7.89. The van der Waals surface area contributed by atoms with Gasteiger partial charge in [0, 0.05) is 12.2 Å². The number of hydrogen-bond donors (Lipinski definition) is 1. The van der Waals surface area contributed by atoms with E-state index in [1.807, 2.05) is 0 Å². The highest BCUT2D eigenvalue weighted by Gasteiger charge is 2.28. The predicted molar refractivity (Wildman–Crippen MR) is 77.8 cm³/mol. The lowest BCUT2D eigenvalue weighted by Crippen LogP contribution is -2.31. The van der Waals surface area contributed by atoms with E-state index in [1.54, 1.807) is 19.1 Å².